The number of hydroxylamine groups is 2. The Kier molecular flexibility index (Phi) is 4.89. The number of hydrogen-bond donors (Lipinski definition) is 1. The van der Waals surface area contributed by atoms with E-state index in [1.165, 1.54) is 18.2 Å². The number of amidine groups is 2. The Labute approximate surface area is 172 Å². The molecule has 0 fully saturated rings. The molecule has 0 bridgehead atoms. The van der Waals surface area contributed by atoms with Gasteiger partial charge in [-0.15, -0.1) is 5.06 Å². The number of carbonyl (C=O) groups is 2. The van der Waals surface area contributed by atoms with Crippen molar-refractivity contribution in [1.82, 2.24) is 5.06 Å². The largest absolute Gasteiger partial charge is 0.497 e. The van der Waals surface area contributed by atoms with Gasteiger partial charge in [0.25, 0.3) is 5.91 Å². The summed E-state index contributed by atoms with van der Waals surface area (Å²) in [4.78, 5) is 33.9. The molecule has 2 aliphatic heterocycles. The van der Waals surface area contributed by atoms with E-state index in [9.17, 15) is 9.59 Å². The van der Waals surface area contributed by atoms with Crippen LogP contribution < -0.4 is 9.47 Å². The number of carbonyl (C=O) groups excluding carboxylic acids is 2. The number of aliphatic imine (C=N–C) groups is 1. The van der Waals surface area contributed by atoms with E-state index in [2.05, 4.69) is 4.99 Å². The molecule has 0 unspecified atom stereocenters. The van der Waals surface area contributed by atoms with Crippen molar-refractivity contribution in [2.45, 2.75) is 6.92 Å². The molecule has 150 valence electrons. The fourth-order valence-electron chi connectivity index (χ4n) is 2.92. The van der Waals surface area contributed by atoms with Crippen LogP contribution in [0.4, 0.5) is 0 Å². The predicted molar refractivity (Wildman–Crippen MR) is 109 cm³/mol. The first-order valence-electron chi connectivity index (χ1n) is 9.01. The highest BCUT2D eigenvalue weighted by molar-refractivity contribution is 6.32. The lowest BCUT2D eigenvalue weighted by Gasteiger charge is -2.22. The lowest BCUT2D eigenvalue weighted by molar-refractivity contribution is -0.114. The number of esters is 1. The number of fused-ring (bicyclic) bond motifs is 1. The minimum Gasteiger partial charge on any atom is -0.497 e. The van der Waals surface area contributed by atoms with Gasteiger partial charge in [0.05, 0.1) is 18.2 Å². The summed E-state index contributed by atoms with van der Waals surface area (Å²) in [6.07, 6.45) is 3.13. The predicted octanol–water partition coefficient (Wildman–Crippen LogP) is 3.36. The number of nitrogens with zero attached hydrogens (tertiary/aromatic N) is 2. The van der Waals surface area contributed by atoms with Crippen LogP contribution in [0.3, 0.4) is 0 Å². The van der Waals surface area contributed by atoms with Crippen molar-refractivity contribution >= 4 is 29.6 Å². The van der Waals surface area contributed by atoms with E-state index in [1.807, 2.05) is 0 Å². The Hall–Kier alpha value is -4.20. The molecule has 30 heavy (non-hydrogen) atoms. The molecule has 2 aliphatic rings. The number of allylic oxidation sites excluding steroid dienone is 1. The fraction of sp³-hybridized carbons (Fsp3) is 0.0909. The van der Waals surface area contributed by atoms with Gasteiger partial charge in [-0.3, -0.25) is 10.2 Å². The average molecular weight is 403 g/mol. The van der Waals surface area contributed by atoms with E-state index in [0.29, 0.717) is 34.2 Å². The lowest BCUT2D eigenvalue weighted by Crippen LogP contribution is -2.38. The summed E-state index contributed by atoms with van der Waals surface area (Å²) in [5, 5.41) is 9.43. The Balaban J connectivity index is 1.49. The molecule has 0 aliphatic carbocycles. The lowest BCUT2D eigenvalue weighted by atomic mass is 10.1. The fourth-order valence-corrected chi connectivity index (χ4v) is 2.92. The molecular formula is C22H17N3O5. The van der Waals surface area contributed by atoms with Gasteiger partial charge < -0.3 is 14.3 Å². The van der Waals surface area contributed by atoms with Gasteiger partial charge in [0.2, 0.25) is 0 Å². The van der Waals surface area contributed by atoms with Crippen LogP contribution in [-0.2, 0) is 9.63 Å². The molecule has 4 rings (SSSR count). The highest BCUT2D eigenvalue weighted by atomic mass is 16.7. The van der Waals surface area contributed by atoms with Gasteiger partial charge in [0.15, 0.2) is 11.7 Å². The molecule has 2 aromatic carbocycles. The maximum absolute atomic E-state index is 12.3. The normalized spacial score (nSPS) is 16.6. The molecule has 0 atom stereocenters. The number of hydrogen-bond acceptors (Lipinski definition) is 6. The number of nitrogens with one attached hydrogen (secondary N) is 1. The van der Waals surface area contributed by atoms with Gasteiger partial charge in [0, 0.05) is 6.08 Å². The van der Waals surface area contributed by atoms with Crippen LogP contribution in [-0.4, -0.2) is 35.7 Å². The molecule has 2 heterocycles. The molecule has 8 heteroatoms. The summed E-state index contributed by atoms with van der Waals surface area (Å²) in [6, 6.07) is 13.2. The van der Waals surface area contributed by atoms with E-state index in [4.69, 9.17) is 19.7 Å². The van der Waals surface area contributed by atoms with Crippen molar-refractivity contribution in [3.05, 3.63) is 77.1 Å². The summed E-state index contributed by atoms with van der Waals surface area (Å²) in [5.41, 5.74) is 1.11. The van der Waals surface area contributed by atoms with Gasteiger partial charge in [-0.05, 0) is 48.9 Å². The van der Waals surface area contributed by atoms with Gasteiger partial charge >= 0.3 is 5.97 Å². The first-order valence-corrected chi connectivity index (χ1v) is 9.01. The number of benzene rings is 2. The Bertz CT molecular complexity index is 1150. The number of rotatable bonds is 4. The van der Waals surface area contributed by atoms with Gasteiger partial charge in [-0.2, -0.15) is 4.99 Å². The van der Waals surface area contributed by atoms with Crippen molar-refractivity contribution in [2.75, 3.05) is 7.11 Å². The first kappa shape index (κ1) is 19.1. The third-order valence-corrected chi connectivity index (χ3v) is 4.39. The minimum absolute atomic E-state index is 0.0911. The zero-order chi connectivity index (χ0) is 21.3. The van der Waals surface area contributed by atoms with Gasteiger partial charge in [-0.1, -0.05) is 18.2 Å². The maximum Gasteiger partial charge on any atom is 0.343 e. The second-order valence-electron chi connectivity index (χ2n) is 6.51. The van der Waals surface area contributed by atoms with Crippen LogP contribution in [0, 0.1) is 5.41 Å². The smallest absolute Gasteiger partial charge is 0.343 e. The van der Waals surface area contributed by atoms with Gasteiger partial charge in [0.1, 0.15) is 17.3 Å². The standard InChI is InChI=1S/C22H17N3O5/c1-13-10-19-24-21(26)18(20(23)25(19)30-13)11-14-6-8-16(9-7-14)29-22(27)15-4-3-5-17(12-15)28-2/h3-12,23H,1-2H3/b18-11-,23-20?. The van der Waals surface area contributed by atoms with E-state index < -0.39 is 11.9 Å². The third-order valence-electron chi connectivity index (χ3n) is 4.39. The molecule has 0 radical (unpaired) electrons. The Morgan fingerprint density at radius 2 is 1.93 bits per heavy atom. The van der Waals surface area contributed by atoms with Crippen molar-refractivity contribution in [3.8, 4) is 11.5 Å². The molecule has 1 amide bonds. The summed E-state index contributed by atoms with van der Waals surface area (Å²) < 4.78 is 10.5. The van der Waals surface area contributed by atoms with E-state index >= 15 is 0 Å². The zero-order valence-corrected chi connectivity index (χ0v) is 16.2. The Morgan fingerprint density at radius 3 is 2.67 bits per heavy atom. The molecule has 2 aromatic rings. The van der Waals surface area contributed by atoms with Crippen LogP contribution in [0.5, 0.6) is 11.5 Å². The van der Waals surface area contributed by atoms with Crippen molar-refractivity contribution < 1.29 is 23.9 Å². The number of methoxy groups -OCH3 is 1. The SMILES string of the molecule is COc1cccc(C(=O)Oc2ccc(/C=C3/C(=N)N4OC(C)=CC4=NC3=O)cc2)c1. The van der Waals surface area contributed by atoms with Crippen LogP contribution in [0.15, 0.2) is 70.9 Å². The summed E-state index contributed by atoms with van der Waals surface area (Å²) >= 11 is 0. The van der Waals surface area contributed by atoms with Crippen molar-refractivity contribution in [2.24, 2.45) is 4.99 Å². The Morgan fingerprint density at radius 1 is 1.17 bits per heavy atom. The van der Waals surface area contributed by atoms with Crippen LogP contribution >= 0.6 is 0 Å². The van der Waals surface area contributed by atoms with Crippen LogP contribution in [0.25, 0.3) is 6.08 Å². The number of amides is 1. The molecule has 0 spiro atoms. The molecule has 0 saturated heterocycles. The minimum atomic E-state index is -0.519. The zero-order valence-electron chi connectivity index (χ0n) is 16.2. The average Bonchev–Trinajstić information content (AvgIpc) is 3.12. The second-order valence-corrected chi connectivity index (χ2v) is 6.51. The maximum atomic E-state index is 12.3. The monoisotopic (exact) mass is 403 g/mol. The van der Waals surface area contributed by atoms with E-state index in [0.717, 1.165) is 0 Å². The summed E-state index contributed by atoms with van der Waals surface area (Å²) in [7, 11) is 1.52. The second kappa shape index (κ2) is 7.67. The highest BCUT2D eigenvalue weighted by Crippen LogP contribution is 2.24. The van der Waals surface area contributed by atoms with Crippen molar-refractivity contribution in [3.63, 3.8) is 0 Å². The quantitative estimate of drug-likeness (QED) is 0.477. The van der Waals surface area contributed by atoms with E-state index in [-0.39, 0.29) is 11.4 Å². The topological polar surface area (TPSA) is 101 Å². The van der Waals surface area contributed by atoms with Crippen LogP contribution in [0.2, 0.25) is 0 Å². The van der Waals surface area contributed by atoms with Crippen molar-refractivity contribution in [1.29, 1.82) is 5.41 Å². The summed E-state index contributed by atoms with van der Waals surface area (Å²) in [5.74, 6) is 0.623. The summed E-state index contributed by atoms with van der Waals surface area (Å²) in [6.45, 7) is 1.72. The van der Waals surface area contributed by atoms with Gasteiger partial charge in [-0.25, -0.2) is 4.79 Å². The highest BCUT2D eigenvalue weighted by Gasteiger charge is 2.34. The molecule has 8 nitrogen and oxygen atoms in total. The van der Waals surface area contributed by atoms with E-state index in [1.54, 1.807) is 61.5 Å². The number of ether oxygens (including phenoxy) is 2. The first-order chi connectivity index (χ1) is 14.4. The van der Waals surface area contributed by atoms with Crippen LogP contribution in [0.1, 0.15) is 22.8 Å². The molecule has 1 N–H and O–H groups in total. The molecular weight excluding hydrogens is 386 g/mol. The molecule has 0 saturated carbocycles. The molecule has 0 aromatic heterocycles. The third kappa shape index (κ3) is 3.70.